The summed E-state index contributed by atoms with van der Waals surface area (Å²) in [7, 11) is 0. The van der Waals surface area contributed by atoms with Crippen molar-refractivity contribution in [3.05, 3.63) is 72.6 Å². The number of pyridine rings is 1. The zero-order valence-electron chi connectivity index (χ0n) is 22.1. The summed E-state index contributed by atoms with van der Waals surface area (Å²) in [5.74, 6) is 1.18. The highest BCUT2D eigenvalue weighted by molar-refractivity contribution is 5.78. The zero-order valence-corrected chi connectivity index (χ0v) is 22.1. The summed E-state index contributed by atoms with van der Waals surface area (Å²) in [5.41, 5.74) is 8.00. The van der Waals surface area contributed by atoms with E-state index < -0.39 is 0 Å². The monoisotopic (exact) mass is 535 g/mol. The predicted octanol–water partition coefficient (Wildman–Crippen LogP) is 1.91. The summed E-state index contributed by atoms with van der Waals surface area (Å²) < 4.78 is 10.6. The summed E-state index contributed by atoms with van der Waals surface area (Å²) in [6.07, 6.45) is 4.50. The fraction of sp³-hybridized carbons (Fsp3) is 0.370. The van der Waals surface area contributed by atoms with Gasteiger partial charge in [-0.05, 0) is 29.8 Å². The maximum atomic E-state index is 12.2. The molecule has 1 amide bonds. The van der Waals surface area contributed by atoms with Crippen molar-refractivity contribution in [3.8, 4) is 0 Å². The molecule has 0 bridgehead atoms. The summed E-state index contributed by atoms with van der Waals surface area (Å²) in [6, 6.07) is 13.4. The third-order valence-corrected chi connectivity index (χ3v) is 5.21. The molecule has 0 aliphatic carbocycles. The van der Waals surface area contributed by atoms with E-state index in [4.69, 9.17) is 15.2 Å². The second-order valence-electron chi connectivity index (χ2n) is 8.34. The molecule has 2 heterocycles. The van der Waals surface area contributed by atoms with E-state index in [-0.39, 0.29) is 12.3 Å². The Kier molecular flexibility index (Phi) is 13.1. The SMILES string of the molecule is C=CCNc1nc(NCCc2ccccn2)nc(Nc2ccc(CC(=O)NCCOCCOCCN)cc2)n1. The van der Waals surface area contributed by atoms with Gasteiger partial charge < -0.3 is 36.5 Å². The van der Waals surface area contributed by atoms with Crippen LogP contribution < -0.4 is 27.0 Å². The Morgan fingerprint density at radius 3 is 2.36 bits per heavy atom. The predicted molar refractivity (Wildman–Crippen MR) is 152 cm³/mol. The van der Waals surface area contributed by atoms with Gasteiger partial charge in [-0.25, -0.2) is 0 Å². The molecule has 12 heteroatoms. The molecule has 0 aliphatic heterocycles. The molecule has 3 aromatic rings. The number of benzene rings is 1. The number of ether oxygens (including phenoxy) is 2. The highest BCUT2D eigenvalue weighted by Gasteiger charge is 2.08. The van der Waals surface area contributed by atoms with Gasteiger partial charge in [0.05, 0.1) is 32.8 Å². The average molecular weight is 536 g/mol. The number of anilines is 4. The van der Waals surface area contributed by atoms with Crippen molar-refractivity contribution >= 4 is 29.4 Å². The summed E-state index contributed by atoms with van der Waals surface area (Å²) in [5, 5.41) is 12.4. The molecule has 0 spiro atoms. The topological polar surface area (TPSA) is 161 Å². The Morgan fingerprint density at radius 2 is 1.64 bits per heavy atom. The third kappa shape index (κ3) is 11.9. The van der Waals surface area contributed by atoms with E-state index in [0.717, 1.165) is 23.4 Å². The molecular weight excluding hydrogens is 498 g/mol. The fourth-order valence-corrected chi connectivity index (χ4v) is 3.35. The normalized spacial score (nSPS) is 10.6. The molecule has 0 unspecified atom stereocenters. The van der Waals surface area contributed by atoms with Crippen LogP contribution in [0.2, 0.25) is 0 Å². The van der Waals surface area contributed by atoms with E-state index in [9.17, 15) is 4.79 Å². The molecule has 0 saturated heterocycles. The number of amides is 1. The van der Waals surface area contributed by atoms with E-state index in [1.807, 2.05) is 42.5 Å². The van der Waals surface area contributed by atoms with Gasteiger partial charge in [0.1, 0.15) is 0 Å². The van der Waals surface area contributed by atoms with Crippen LogP contribution in [0.1, 0.15) is 11.3 Å². The highest BCUT2D eigenvalue weighted by atomic mass is 16.5. The van der Waals surface area contributed by atoms with Crippen molar-refractivity contribution in [2.24, 2.45) is 5.73 Å². The maximum absolute atomic E-state index is 12.2. The highest BCUT2D eigenvalue weighted by Crippen LogP contribution is 2.17. The number of hydrogen-bond donors (Lipinski definition) is 5. The smallest absolute Gasteiger partial charge is 0.233 e. The molecule has 39 heavy (non-hydrogen) atoms. The van der Waals surface area contributed by atoms with E-state index in [0.29, 0.717) is 70.5 Å². The van der Waals surface area contributed by atoms with E-state index in [1.54, 1.807) is 12.3 Å². The number of nitrogens with zero attached hydrogens (tertiary/aromatic N) is 4. The molecule has 0 saturated carbocycles. The van der Waals surface area contributed by atoms with Crippen molar-refractivity contribution in [2.75, 3.05) is 68.6 Å². The van der Waals surface area contributed by atoms with Crippen molar-refractivity contribution < 1.29 is 14.3 Å². The van der Waals surface area contributed by atoms with Gasteiger partial charge in [0.2, 0.25) is 23.8 Å². The van der Waals surface area contributed by atoms with Crippen molar-refractivity contribution in [3.63, 3.8) is 0 Å². The van der Waals surface area contributed by atoms with Crippen molar-refractivity contribution in [2.45, 2.75) is 12.8 Å². The van der Waals surface area contributed by atoms with Crippen LogP contribution in [0.15, 0.2) is 61.3 Å². The number of carbonyl (C=O) groups is 1. The standard InChI is InChI=1S/C27H37N9O3/c1-2-12-31-25-34-26(32-14-10-22-5-3-4-13-29-22)36-27(35-25)33-23-8-6-21(7-9-23)20-24(37)30-15-17-39-19-18-38-16-11-28/h2-9,13H,1,10-12,14-20,28H2,(H,30,37)(H3,31,32,33,34,35,36). The molecular formula is C27H37N9O3. The van der Waals surface area contributed by atoms with Crippen molar-refractivity contribution in [1.82, 2.24) is 25.3 Å². The third-order valence-electron chi connectivity index (χ3n) is 5.21. The number of carbonyl (C=O) groups excluding carboxylic acids is 1. The fourth-order valence-electron chi connectivity index (χ4n) is 3.35. The first-order valence-electron chi connectivity index (χ1n) is 12.9. The second kappa shape index (κ2) is 17.4. The molecule has 0 aliphatic rings. The van der Waals surface area contributed by atoms with Gasteiger partial charge in [0, 0.05) is 50.2 Å². The molecule has 6 N–H and O–H groups in total. The summed E-state index contributed by atoms with van der Waals surface area (Å²) in [6.45, 7) is 7.70. The molecule has 2 aromatic heterocycles. The van der Waals surface area contributed by atoms with E-state index >= 15 is 0 Å². The van der Waals surface area contributed by atoms with Gasteiger partial charge in [0.25, 0.3) is 0 Å². The number of nitrogens with one attached hydrogen (secondary N) is 4. The number of nitrogens with two attached hydrogens (primary N) is 1. The minimum atomic E-state index is -0.0736. The quantitative estimate of drug-likeness (QED) is 0.113. The Labute approximate surface area is 228 Å². The van der Waals surface area contributed by atoms with Gasteiger partial charge >= 0.3 is 0 Å². The number of rotatable bonds is 19. The maximum Gasteiger partial charge on any atom is 0.233 e. The minimum Gasteiger partial charge on any atom is -0.378 e. The lowest BCUT2D eigenvalue weighted by Gasteiger charge is -2.11. The van der Waals surface area contributed by atoms with Gasteiger partial charge in [-0.1, -0.05) is 24.3 Å². The van der Waals surface area contributed by atoms with Crippen LogP contribution in [0, 0.1) is 0 Å². The first-order chi connectivity index (χ1) is 19.2. The lowest BCUT2D eigenvalue weighted by Crippen LogP contribution is -2.29. The molecule has 0 atom stereocenters. The largest absolute Gasteiger partial charge is 0.378 e. The molecule has 1 aromatic carbocycles. The molecule has 3 rings (SSSR count). The van der Waals surface area contributed by atoms with Gasteiger partial charge in [-0.3, -0.25) is 9.78 Å². The van der Waals surface area contributed by atoms with Gasteiger partial charge in [0.15, 0.2) is 0 Å². The average Bonchev–Trinajstić information content (AvgIpc) is 2.95. The minimum absolute atomic E-state index is 0.0736. The molecule has 0 radical (unpaired) electrons. The Hall–Kier alpha value is -4.13. The Balaban J connectivity index is 1.48. The lowest BCUT2D eigenvalue weighted by atomic mass is 10.1. The second-order valence-corrected chi connectivity index (χ2v) is 8.34. The van der Waals surface area contributed by atoms with Crippen LogP contribution >= 0.6 is 0 Å². The zero-order chi connectivity index (χ0) is 27.5. The van der Waals surface area contributed by atoms with Crippen LogP contribution in [0.4, 0.5) is 23.5 Å². The summed E-state index contributed by atoms with van der Waals surface area (Å²) >= 11 is 0. The van der Waals surface area contributed by atoms with Crippen LogP contribution in [-0.2, 0) is 27.1 Å². The van der Waals surface area contributed by atoms with Crippen LogP contribution in [0.5, 0.6) is 0 Å². The lowest BCUT2D eigenvalue weighted by molar-refractivity contribution is -0.120. The number of aromatic nitrogens is 4. The van der Waals surface area contributed by atoms with Crippen LogP contribution in [-0.4, -0.2) is 78.4 Å². The summed E-state index contributed by atoms with van der Waals surface area (Å²) in [4.78, 5) is 29.9. The number of hydrogen-bond acceptors (Lipinski definition) is 11. The van der Waals surface area contributed by atoms with Gasteiger partial charge in [-0.2, -0.15) is 15.0 Å². The first kappa shape index (κ1) is 29.4. The Morgan fingerprint density at radius 1 is 0.897 bits per heavy atom. The molecule has 0 fully saturated rings. The molecule has 12 nitrogen and oxygen atoms in total. The van der Waals surface area contributed by atoms with E-state index in [1.165, 1.54) is 0 Å². The Bertz CT molecular complexity index is 1130. The van der Waals surface area contributed by atoms with Crippen LogP contribution in [0.25, 0.3) is 0 Å². The van der Waals surface area contributed by atoms with E-state index in [2.05, 4.69) is 47.8 Å². The van der Waals surface area contributed by atoms with Crippen LogP contribution in [0.3, 0.4) is 0 Å². The van der Waals surface area contributed by atoms with Crippen molar-refractivity contribution in [1.29, 1.82) is 0 Å². The van der Waals surface area contributed by atoms with Gasteiger partial charge in [-0.15, -0.1) is 6.58 Å². The molecule has 208 valence electrons. The first-order valence-corrected chi connectivity index (χ1v) is 12.9.